The first kappa shape index (κ1) is 15.6. The Morgan fingerprint density at radius 1 is 1.43 bits per heavy atom. The Morgan fingerprint density at radius 3 is 2.96 bits per heavy atom. The molecule has 120 valence electrons. The molecule has 1 amide bonds. The van der Waals surface area contributed by atoms with E-state index in [0.717, 1.165) is 11.1 Å². The summed E-state index contributed by atoms with van der Waals surface area (Å²) in [5.41, 5.74) is 7.79. The average molecular weight is 334 g/mol. The minimum Gasteiger partial charge on any atom is -0.377 e. The van der Waals surface area contributed by atoms with Gasteiger partial charge < -0.3 is 19.9 Å². The van der Waals surface area contributed by atoms with E-state index in [0.29, 0.717) is 30.5 Å². The molecule has 23 heavy (non-hydrogen) atoms. The number of ether oxygens (including phenoxy) is 1. The zero-order valence-corrected chi connectivity index (χ0v) is 13.1. The van der Waals surface area contributed by atoms with Gasteiger partial charge >= 0.3 is 0 Å². The van der Waals surface area contributed by atoms with Crippen molar-refractivity contribution < 1.29 is 14.1 Å². The second kappa shape index (κ2) is 6.44. The number of nitrogens with two attached hydrogens (primary N) is 1. The number of aromatic nitrogens is 1. The van der Waals surface area contributed by atoms with Crippen LogP contribution in [0.4, 0.5) is 5.88 Å². The molecule has 3 rings (SSSR count). The van der Waals surface area contributed by atoms with E-state index in [1.807, 2.05) is 12.1 Å². The average Bonchev–Trinajstić information content (AvgIpc) is 3.00. The smallest absolute Gasteiger partial charge is 0.246 e. The lowest BCUT2D eigenvalue weighted by molar-refractivity contribution is -0.134. The normalized spacial score (nSPS) is 18.0. The molecule has 0 bridgehead atoms. The molecule has 1 fully saturated rings. The number of nitrogens with zero attached hydrogens (tertiary/aromatic N) is 2. The number of rotatable bonds is 3. The number of morpholine rings is 1. The molecule has 1 aromatic carbocycles. The molecule has 0 unspecified atom stereocenters. The molecule has 0 saturated carbocycles. The van der Waals surface area contributed by atoms with Crippen molar-refractivity contribution >= 4 is 23.4 Å². The molecule has 1 aromatic heterocycles. The lowest BCUT2D eigenvalue weighted by Gasteiger charge is -2.35. The Bertz CT molecular complexity index is 744. The Morgan fingerprint density at radius 2 is 2.26 bits per heavy atom. The van der Waals surface area contributed by atoms with Gasteiger partial charge in [0.25, 0.3) is 0 Å². The van der Waals surface area contributed by atoms with Crippen molar-refractivity contribution in [2.45, 2.75) is 6.04 Å². The summed E-state index contributed by atoms with van der Waals surface area (Å²) in [4.78, 5) is 13.8. The van der Waals surface area contributed by atoms with Crippen LogP contribution in [0.2, 0.25) is 5.02 Å². The van der Waals surface area contributed by atoms with Crippen LogP contribution in [-0.2, 0) is 9.53 Å². The van der Waals surface area contributed by atoms with Crippen molar-refractivity contribution in [1.29, 1.82) is 0 Å². The van der Waals surface area contributed by atoms with Crippen LogP contribution >= 0.6 is 11.6 Å². The Hall–Kier alpha value is -2.31. The third-order valence-corrected chi connectivity index (χ3v) is 3.93. The van der Waals surface area contributed by atoms with Gasteiger partial charge in [0.2, 0.25) is 11.8 Å². The van der Waals surface area contributed by atoms with E-state index >= 15 is 0 Å². The number of anilines is 1. The first-order valence-corrected chi connectivity index (χ1v) is 7.50. The van der Waals surface area contributed by atoms with Gasteiger partial charge in [-0.15, -0.1) is 0 Å². The highest BCUT2D eigenvalue weighted by atomic mass is 35.5. The van der Waals surface area contributed by atoms with Gasteiger partial charge in [-0.2, -0.15) is 0 Å². The summed E-state index contributed by atoms with van der Waals surface area (Å²) in [6, 6.07) is 6.89. The van der Waals surface area contributed by atoms with Gasteiger partial charge in [0.05, 0.1) is 19.3 Å². The van der Waals surface area contributed by atoms with Gasteiger partial charge in [-0.25, -0.2) is 0 Å². The van der Waals surface area contributed by atoms with Gasteiger partial charge in [0.1, 0.15) is 5.69 Å². The summed E-state index contributed by atoms with van der Waals surface area (Å²) in [5.74, 6) is 0.0940. The van der Waals surface area contributed by atoms with Crippen molar-refractivity contribution in [2.24, 2.45) is 0 Å². The van der Waals surface area contributed by atoms with Crippen LogP contribution < -0.4 is 5.73 Å². The van der Waals surface area contributed by atoms with Crippen LogP contribution in [0.5, 0.6) is 0 Å². The van der Waals surface area contributed by atoms with Crippen molar-refractivity contribution in [1.82, 2.24) is 10.1 Å². The monoisotopic (exact) mass is 333 g/mol. The predicted molar refractivity (Wildman–Crippen MR) is 86.8 cm³/mol. The van der Waals surface area contributed by atoms with Crippen LogP contribution in [0.3, 0.4) is 0 Å². The highest BCUT2D eigenvalue weighted by Gasteiger charge is 2.28. The van der Waals surface area contributed by atoms with Gasteiger partial charge in [0.15, 0.2) is 0 Å². The lowest BCUT2D eigenvalue weighted by atomic mass is 10.0. The molecule has 0 spiro atoms. The molecule has 0 radical (unpaired) electrons. The molecule has 1 saturated heterocycles. The fraction of sp³-hybridized carbons (Fsp3) is 0.250. The molecule has 6 nitrogen and oxygen atoms in total. The van der Waals surface area contributed by atoms with E-state index in [1.54, 1.807) is 17.0 Å². The molecule has 2 N–H and O–H groups in total. The first-order chi connectivity index (χ1) is 11.1. The van der Waals surface area contributed by atoms with Gasteiger partial charge in [-0.05, 0) is 29.8 Å². The maximum atomic E-state index is 12.1. The molecule has 1 atom stereocenters. The van der Waals surface area contributed by atoms with Crippen LogP contribution in [-0.4, -0.2) is 35.7 Å². The SMILES string of the molecule is C=CC(=O)N1CCOC[C@H]1c1cc(Cl)cc(-c2cc(N)on2)c1. The zero-order valence-electron chi connectivity index (χ0n) is 12.4. The molecular formula is C16H16ClN3O3. The van der Waals surface area contributed by atoms with Gasteiger partial charge in [-0.1, -0.05) is 23.3 Å². The first-order valence-electron chi connectivity index (χ1n) is 7.12. The van der Waals surface area contributed by atoms with Crippen LogP contribution in [0.1, 0.15) is 11.6 Å². The quantitative estimate of drug-likeness (QED) is 0.873. The summed E-state index contributed by atoms with van der Waals surface area (Å²) < 4.78 is 10.4. The molecular weight excluding hydrogens is 318 g/mol. The Kier molecular flexibility index (Phi) is 4.36. The number of halogens is 1. The maximum absolute atomic E-state index is 12.1. The van der Waals surface area contributed by atoms with Gasteiger partial charge in [0, 0.05) is 23.2 Å². The topological polar surface area (TPSA) is 81.6 Å². The lowest BCUT2D eigenvalue weighted by Crippen LogP contribution is -2.42. The third kappa shape index (κ3) is 3.23. The zero-order chi connectivity index (χ0) is 16.4. The third-order valence-electron chi connectivity index (χ3n) is 3.72. The van der Waals surface area contributed by atoms with Crippen LogP contribution in [0, 0.1) is 0 Å². The number of nitrogen functional groups attached to an aromatic ring is 1. The largest absolute Gasteiger partial charge is 0.377 e. The molecule has 0 aliphatic carbocycles. The number of carbonyl (C=O) groups is 1. The minimum absolute atomic E-state index is 0.134. The summed E-state index contributed by atoms with van der Waals surface area (Å²) >= 11 is 6.23. The molecule has 2 aromatic rings. The van der Waals surface area contributed by atoms with E-state index in [2.05, 4.69) is 11.7 Å². The minimum atomic E-state index is -0.226. The van der Waals surface area contributed by atoms with E-state index in [9.17, 15) is 4.79 Å². The summed E-state index contributed by atoms with van der Waals surface area (Å²) in [6.45, 7) is 4.97. The Labute approximate surface area is 138 Å². The summed E-state index contributed by atoms with van der Waals surface area (Å²) in [5, 5.41) is 4.43. The number of benzene rings is 1. The Balaban J connectivity index is 1.99. The number of amides is 1. The second-order valence-corrected chi connectivity index (χ2v) is 5.65. The molecule has 1 aliphatic rings. The van der Waals surface area contributed by atoms with Crippen molar-refractivity contribution in [3.05, 3.63) is 47.5 Å². The second-order valence-electron chi connectivity index (χ2n) is 5.21. The van der Waals surface area contributed by atoms with E-state index in [-0.39, 0.29) is 17.8 Å². The van der Waals surface area contributed by atoms with Crippen LogP contribution in [0.25, 0.3) is 11.3 Å². The fourth-order valence-electron chi connectivity index (χ4n) is 2.64. The molecule has 7 heteroatoms. The highest BCUT2D eigenvalue weighted by Crippen LogP contribution is 2.31. The number of carbonyl (C=O) groups excluding carboxylic acids is 1. The standard InChI is InChI=1S/C16H16ClN3O3/c1-2-16(21)20-3-4-22-9-14(20)11-5-10(6-12(17)7-11)13-8-15(18)23-19-13/h2,5-8,14H,1,3-4,9,18H2/t14-/m0/s1. The summed E-state index contributed by atoms with van der Waals surface area (Å²) in [7, 11) is 0. The molecule has 2 heterocycles. The van der Waals surface area contributed by atoms with Crippen LogP contribution in [0.15, 0.2) is 41.4 Å². The maximum Gasteiger partial charge on any atom is 0.246 e. The molecule has 1 aliphatic heterocycles. The van der Waals surface area contributed by atoms with E-state index < -0.39 is 0 Å². The predicted octanol–water partition coefficient (Wildman–Crippen LogP) is 2.66. The van der Waals surface area contributed by atoms with E-state index in [1.165, 1.54) is 6.08 Å². The number of hydrogen-bond acceptors (Lipinski definition) is 5. The highest BCUT2D eigenvalue weighted by molar-refractivity contribution is 6.31. The van der Waals surface area contributed by atoms with E-state index in [4.69, 9.17) is 26.6 Å². The van der Waals surface area contributed by atoms with Gasteiger partial charge in [-0.3, -0.25) is 4.79 Å². The summed E-state index contributed by atoms with van der Waals surface area (Å²) in [6.07, 6.45) is 1.31. The van der Waals surface area contributed by atoms with Crippen molar-refractivity contribution in [3.8, 4) is 11.3 Å². The number of hydrogen-bond donors (Lipinski definition) is 1. The van der Waals surface area contributed by atoms with Crippen molar-refractivity contribution in [2.75, 3.05) is 25.5 Å². The fourth-order valence-corrected chi connectivity index (χ4v) is 2.88. The van der Waals surface area contributed by atoms with Crippen molar-refractivity contribution in [3.63, 3.8) is 0 Å².